The van der Waals surface area contributed by atoms with Crippen LogP contribution in [-0.2, 0) is 6.54 Å². The molecule has 0 spiro atoms. The third-order valence-corrected chi connectivity index (χ3v) is 3.13. The Kier molecular flexibility index (Phi) is 5.44. The van der Waals surface area contributed by atoms with Gasteiger partial charge in [0.15, 0.2) is 17.5 Å². The predicted octanol–water partition coefficient (Wildman–Crippen LogP) is 2.32. The molecular weight excluding hydrogens is 265 g/mol. The van der Waals surface area contributed by atoms with E-state index in [1.54, 1.807) is 0 Å². The number of rotatable bonds is 3. The minimum Gasteiger partial charge on any atom is -0.316 e. The molecule has 1 saturated heterocycles. The summed E-state index contributed by atoms with van der Waals surface area (Å²) < 4.78 is 38.8. The van der Waals surface area contributed by atoms with Crippen molar-refractivity contribution in [1.82, 2.24) is 10.2 Å². The van der Waals surface area contributed by atoms with Gasteiger partial charge in [0.25, 0.3) is 0 Å². The number of benzene rings is 1. The van der Waals surface area contributed by atoms with Gasteiger partial charge in [-0.2, -0.15) is 0 Å². The molecular formula is C12H16ClF3N2. The van der Waals surface area contributed by atoms with E-state index in [4.69, 9.17) is 0 Å². The molecule has 6 heteroatoms. The number of nitrogens with one attached hydrogen (secondary N) is 1. The van der Waals surface area contributed by atoms with Crippen LogP contribution in [0.5, 0.6) is 0 Å². The summed E-state index contributed by atoms with van der Waals surface area (Å²) in [5, 5.41) is 3.16. The summed E-state index contributed by atoms with van der Waals surface area (Å²) in [6.45, 7) is 2.18. The van der Waals surface area contributed by atoms with Gasteiger partial charge in [-0.3, -0.25) is 4.90 Å². The van der Waals surface area contributed by atoms with Gasteiger partial charge in [0.05, 0.1) is 0 Å². The molecule has 0 aromatic heterocycles. The molecule has 0 amide bonds. The molecule has 102 valence electrons. The molecule has 2 rings (SSSR count). The second kappa shape index (κ2) is 6.41. The van der Waals surface area contributed by atoms with Crippen molar-refractivity contribution >= 4 is 12.4 Å². The van der Waals surface area contributed by atoms with E-state index >= 15 is 0 Å². The molecule has 0 aliphatic carbocycles. The molecule has 1 aliphatic rings. The fourth-order valence-corrected chi connectivity index (χ4v) is 2.17. The molecule has 0 bridgehead atoms. The van der Waals surface area contributed by atoms with Crippen molar-refractivity contribution < 1.29 is 13.2 Å². The summed E-state index contributed by atoms with van der Waals surface area (Å²) in [5.74, 6) is -3.64. The van der Waals surface area contributed by atoms with E-state index < -0.39 is 17.5 Å². The van der Waals surface area contributed by atoms with Crippen LogP contribution in [0.2, 0.25) is 0 Å². The zero-order valence-electron chi connectivity index (χ0n) is 10.0. The zero-order chi connectivity index (χ0) is 12.4. The standard InChI is InChI=1S/C12H15F3N2.ClH/c1-16-9-2-3-17(7-9)6-8-4-10(13)12(15)11(14)5-8;/h4-5,9,16H,2-3,6-7H2,1H3;1H. The largest absolute Gasteiger partial charge is 0.316 e. The van der Waals surface area contributed by atoms with Crippen LogP contribution in [0, 0.1) is 17.5 Å². The van der Waals surface area contributed by atoms with Crippen molar-refractivity contribution in [2.45, 2.75) is 19.0 Å². The molecule has 1 atom stereocenters. The Morgan fingerprint density at radius 1 is 1.28 bits per heavy atom. The van der Waals surface area contributed by atoms with Crippen LogP contribution in [0.4, 0.5) is 13.2 Å². The third kappa shape index (κ3) is 3.37. The summed E-state index contributed by atoms with van der Waals surface area (Å²) in [7, 11) is 1.89. The number of hydrogen-bond acceptors (Lipinski definition) is 2. The SMILES string of the molecule is CNC1CCN(Cc2cc(F)c(F)c(F)c2)C1.Cl. The second-order valence-corrected chi connectivity index (χ2v) is 4.38. The van der Waals surface area contributed by atoms with Gasteiger partial charge in [0.1, 0.15) is 0 Å². The number of nitrogens with zero attached hydrogens (tertiary/aromatic N) is 1. The van der Waals surface area contributed by atoms with Crippen LogP contribution in [0.15, 0.2) is 12.1 Å². The summed E-state index contributed by atoms with van der Waals surface area (Å²) in [6, 6.07) is 2.54. The van der Waals surface area contributed by atoms with Gasteiger partial charge in [-0.15, -0.1) is 12.4 Å². The average molecular weight is 281 g/mol. The normalized spacial score (nSPS) is 19.9. The van der Waals surface area contributed by atoms with Crippen LogP contribution in [0.1, 0.15) is 12.0 Å². The first-order chi connectivity index (χ1) is 8.10. The summed E-state index contributed by atoms with van der Waals surface area (Å²) >= 11 is 0. The van der Waals surface area contributed by atoms with Gasteiger partial charge in [-0.25, -0.2) is 13.2 Å². The molecule has 0 radical (unpaired) electrons. The fraction of sp³-hybridized carbons (Fsp3) is 0.500. The molecule has 1 N–H and O–H groups in total. The Balaban J connectivity index is 0.00000162. The first-order valence-corrected chi connectivity index (χ1v) is 5.63. The first kappa shape index (κ1) is 15.3. The van der Waals surface area contributed by atoms with Gasteiger partial charge in [-0.1, -0.05) is 0 Å². The Hall–Kier alpha value is -0.780. The van der Waals surface area contributed by atoms with E-state index in [1.165, 1.54) is 0 Å². The second-order valence-electron chi connectivity index (χ2n) is 4.38. The number of hydrogen-bond donors (Lipinski definition) is 1. The maximum atomic E-state index is 13.0. The van der Waals surface area contributed by atoms with Crippen molar-refractivity contribution in [2.24, 2.45) is 0 Å². The monoisotopic (exact) mass is 280 g/mol. The molecule has 1 heterocycles. The van der Waals surface area contributed by atoms with Crippen LogP contribution in [0.25, 0.3) is 0 Å². The molecule has 1 unspecified atom stereocenters. The number of halogens is 4. The van der Waals surface area contributed by atoms with Crippen LogP contribution >= 0.6 is 12.4 Å². The molecule has 1 fully saturated rings. The molecule has 1 aromatic carbocycles. The number of likely N-dealkylation sites (tertiary alicyclic amines) is 1. The minimum absolute atomic E-state index is 0. The minimum atomic E-state index is -1.40. The number of likely N-dealkylation sites (N-methyl/N-ethyl adjacent to an activating group) is 1. The molecule has 2 nitrogen and oxygen atoms in total. The summed E-state index contributed by atoms with van der Waals surface area (Å²) in [6.07, 6.45) is 1.02. The quantitative estimate of drug-likeness (QED) is 0.855. The molecule has 0 saturated carbocycles. The van der Waals surface area contributed by atoms with Gasteiger partial charge >= 0.3 is 0 Å². The molecule has 1 aromatic rings. The van der Waals surface area contributed by atoms with Crippen molar-refractivity contribution in [3.05, 3.63) is 35.1 Å². The predicted molar refractivity (Wildman–Crippen MR) is 66.3 cm³/mol. The molecule has 18 heavy (non-hydrogen) atoms. The Morgan fingerprint density at radius 2 is 1.89 bits per heavy atom. The van der Waals surface area contributed by atoms with Gasteiger partial charge in [0.2, 0.25) is 0 Å². The highest BCUT2D eigenvalue weighted by Gasteiger charge is 2.21. The maximum Gasteiger partial charge on any atom is 0.194 e. The van der Waals surface area contributed by atoms with E-state index in [1.807, 2.05) is 7.05 Å². The van der Waals surface area contributed by atoms with Crippen LogP contribution in [-0.4, -0.2) is 31.1 Å². The van der Waals surface area contributed by atoms with Crippen molar-refractivity contribution in [3.8, 4) is 0 Å². The highest BCUT2D eigenvalue weighted by atomic mass is 35.5. The third-order valence-electron chi connectivity index (χ3n) is 3.13. The van der Waals surface area contributed by atoms with E-state index in [0.717, 1.165) is 31.6 Å². The Labute approximate surface area is 111 Å². The van der Waals surface area contributed by atoms with E-state index in [-0.39, 0.29) is 12.4 Å². The van der Waals surface area contributed by atoms with Crippen molar-refractivity contribution in [2.75, 3.05) is 20.1 Å². The Bertz CT molecular complexity index is 391. The summed E-state index contributed by atoms with van der Waals surface area (Å²) in [5.41, 5.74) is 0.471. The van der Waals surface area contributed by atoms with Gasteiger partial charge in [-0.05, 0) is 31.2 Å². The Morgan fingerprint density at radius 3 is 2.39 bits per heavy atom. The maximum absolute atomic E-state index is 13.0. The van der Waals surface area contributed by atoms with Crippen molar-refractivity contribution in [3.63, 3.8) is 0 Å². The lowest BCUT2D eigenvalue weighted by molar-refractivity contribution is 0.320. The van der Waals surface area contributed by atoms with Crippen LogP contribution < -0.4 is 5.32 Å². The van der Waals surface area contributed by atoms with Crippen LogP contribution in [0.3, 0.4) is 0 Å². The highest BCUT2D eigenvalue weighted by molar-refractivity contribution is 5.85. The summed E-state index contributed by atoms with van der Waals surface area (Å²) in [4.78, 5) is 2.09. The lowest BCUT2D eigenvalue weighted by atomic mass is 10.2. The smallest absolute Gasteiger partial charge is 0.194 e. The zero-order valence-corrected chi connectivity index (χ0v) is 10.9. The lowest BCUT2D eigenvalue weighted by Crippen LogP contribution is -2.29. The topological polar surface area (TPSA) is 15.3 Å². The highest BCUT2D eigenvalue weighted by Crippen LogP contribution is 2.17. The van der Waals surface area contributed by atoms with E-state index in [0.29, 0.717) is 18.2 Å². The first-order valence-electron chi connectivity index (χ1n) is 5.63. The van der Waals surface area contributed by atoms with E-state index in [9.17, 15) is 13.2 Å². The van der Waals surface area contributed by atoms with Gasteiger partial charge < -0.3 is 5.32 Å². The average Bonchev–Trinajstić information content (AvgIpc) is 2.73. The van der Waals surface area contributed by atoms with Gasteiger partial charge in [0, 0.05) is 25.7 Å². The van der Waals surface area contributed by atoms with Crippen molar-refractivity contribution in [1.29, 1.82) is 0 Å². The molecule has 1 aliphatic heterocycles. The van der Waals surface area contributed by atoms with E-state index in [2.05, 4.69) is 10.2 Å². The lowest BCUT2D eigenvalue weighted by Gasteiger charge is -2.16. The fourth-order valence-electron chi connectivity index (χ4n) is 2.17.